The van der Waals surface area contributed by atoms with Gasteiger partial charge in [0.2, 0.25) is 0 Å². The van der Waals surface area contributed by atoms with Gasteiger partial charge in [-0.25, -0.2) is 0 Å². The van der Waals surface area contributed by atoms with E-state index in [9.17, 15) is 4.79 Å². The van der Waals surface area contributed by atoms with Gasteiger partial charge in [-0.2, -0.15) is 0 Å². The number of hydrogen-bond donors (Lipinski definition) is 1. The number of ether oxygens (including phenoxy) is 2. The lowest BCUT2D eigenvalue weighted by Crippen LogP contribution is -2.46. The van der Waals surface area contributed by atoms with Crippen LogP contribution in [0.25, 0.3) is 0 Å². The fourth-order valence-corrected chi connectivity index (χ4v) is 1.92. The lowest BCUT2D eigenvalue weighted by atomic mass is 10.3. The molecule has 1 unspecified atom stereocenters. The van der Waals surface area contributed by atoms with E-state index in [0.29, 0.717) is 18.9 Å². The first-order valence-corrected chi connectivity index (χ1v) is 6.50. The molecule has 19 heavy (non-hydrogen) atoms. The highest BCUT2D eigenvalue weighted by molar-refractivity contribution is 5.77. The molecular weight excluding hydrogens is 244 g/mol. The molecule has 5 heteroatoms. The number of nitrogens with one attached hydrogen (secondary N) is 1. The monoisotopic (exact) mass is 264 g/mol. The maximum Gasteiger partial charge on any atom is 0.260 e. The number of rotatable bonds is 5. The topological polar surface area (TPSA) is 50.8 Å². The van der Waals surface area contributed by atoms with E-state index < -0.39 is 0 Å². The second-order valence-corrected chi connectivity index (χ2v) is 4.57. The first-order valence-electron chi connectivity index (χ1n) is 6.50. The maximum absolute atomic E-state index is 11.9. The van der Waals surface area contributed by atoms with E-state index in [1.807, 2.05) is 30.3 Å². The summed E-state index contributed by atoms with van der Waals surface area (Å²) < 4.78 is 11.0. The molecule has 1 heterocycles. The van der Waals surface area contributed by atoms with Gasteiger partial charge in [-0.05, 0) is 12.1 Å². The molecule has 1 amide bonds. The number of hydrogen-bond acceptors (Lipinski definition) is 4. The highest BCUT2D eigenvalue weighted by atomic mass is 16.5. The zero-order chi connectivity index (χ0) is 13.5. The number of para-hydroxylation sites is 1. The zero-order valence-corrected chi connectivity index (χ0v) is 11.2. The highest BCUT2D eigenvalue weighted by Gasteiger charge is 2.18. The van der Waals surface area contributed by atoms with E-state index in [-0.39, 0.29) is 18.6 Å². The molecule has 2 rings (SSSR count). The number of morpholine rings is 1. The van der Waals surface area contributed by atoms with Crippen molar-refractivity contribution in [1.82, 2.24) is 10.2 Å². The predicted octanol–water partition coefficient (Wildman–Crippen LogP) is 0.512. The van der Waals surface area contributed by atoms with Crippen molar-refractivity contribution in [3.05, 3.63) is 30.3 Å². The molecule has 1 saturated heterocycles. The number of carbonyl (C=O) groups excluding carboxylic acids is 1. The summed E-state index contributed by atoms with van der Waals surface area (Å²) in [6.07, 6.45) is 0.0689. The molecule has 0 saturated carbocycles. The summed E-state index contributed by atoms with van der Waals surface area (Å²) in [7, 11) is 1.77. The van der Waals surface area contributed by atoms with Gasteiger partial charge < -0.3 is 19.7 Å². The number of amides is 1. The first kappa shape index (κ1) is 13.8. The van der Waals surface area contributed by atoms with Gasteiger partial charge in [0.1, 0.15) is 5.75 Å². The first-order chi connectivity index (χ1) is 9.25. The second kappa shape index (κ2) is 7.11. The Hall–Kier alpha value is -1.59. The van der Waals surface area contributed by atoms with Gasteiger partial charge in [-0.15, -0.1) is 0 Å². The van der Waals surface area contributed by atoms with Crippen molar-refractivity contribution in [2.45, 2.75) is 6.10 Å². The Morgan fingerprint density at radius 2 is 2.26 bits per heavy atom. The molecule has 0 aromatic heterocycles. The third-order valence-corrected chi connectivity index (χ3v) is 3.01. The summed E-state index contributed by atoms with van der Waals surface area (Å²) in [5, 5.41) is 3.24. The summed E-state index contributed by atoms with van der Waals surface area (Å²) in [6, 6.07) is 9.34. The van der Waals surface area contributed by atoms with Crippen molar-refractivity contribution in [2.75, 3.05) is 39.9 Å². The van der Waals surface area contributed by atoms with E-state index >= 15 is 0 Å². The van der Waals surface area contributed by atoms with E-state index in [0.717, 1.165) is 13.1 Å². The minimum Gasteiger partial charge on any atom is -0.484 e. The SMILES string of the molecule is CN(CC1CNCCO1)C(=O)COc1ccccc1. The van der Waals surface area contributed by atoms with Gasteiger partial charge in [0.05, 0.1) is 12.7 Å². The Balaban J connectivity index is 1.72. The van der Waals surface area contributed by atoms with Gasteiger partial charge in [-0.3, -0.25) is 4.79 Å². The highest BCUT2D eigenvalue weighted by Crippen LogP contribution is 2.08. The summed E-state index contributed by atoms with van der Waals surface area (Å²) in [5.74, 6) is 0.665. The molecule has 1 aliphatic heterocycles. The third kappa shape index (κ3) is 4.54. The van der Waals surface area contributed by atoms with Crippen LogP contribution in [0, 0.1) is 0 Å². The molecular formula is C14H20N2O3. The predicted molar refractivity (Wildman–Crippen MR) is 72.2 cm³/mol. The zero-order valence-electron chi connectivity index (χ0n) is 11.2. The molecule has 1 atom stereocenters. The largest absolute Gasteiger partial charge is 0.484 e. The summed E-state index contributed by atoms with van der Waals surface area (Å²) >= 11 is 0. The van der Waals surface area contributed by atoms with Crippen LogP contribution in [-0.4, -0.2) is 56.8 Å². The Kier molecular flexibility index (Phi) is 5.18. The van der Waals surface area contributed by atoms with Crippen LogP contribution in [-0.2, 0) is 9.53 Å². The number of nitrogens with zero attached hydrogens (tertiary/aromatic N) is 1. The van der Waals surface area contributed by atoms with E-state index in [4.69, 9.17) is 9.47 Å². The van der Waals surface area contributed by atoms with Crippen LogP contribution in [0.2, 0.25) is 0 Å². The molecule has 0 aliphatic carbocycles. The maximum atomic E-state index is 11.9. The van der Waals surface area contributed by atoms with Crippen LogP contribution in [0.4, 0.5) is 0 Å². The molecule has 1 aromatic carbocycles. The second-order valence-electron chi connectivity index (χ2n) is 4.57. The van der Waals surface area contributed by atoms with Crippen LogP contribution in [0.15, 0.2) is 30.3 Å². The molecule has 104 valence electrons. The average Bonchev–Trinajstić information content (AvgIpc) is 2.47. The van der Waals surface area contributed by atoms with Crippen LogP contribution in [0.3, 0.4) is 0 Å². The van der Waals surface area contributed by atoms with Crippen molar-refractivity contribution in [2.24, 2.45) is 0 Å². The van der Waals surface area contributed by atoms with E-state index in [1.54, 1.807) is 11.9 Å². The van der Waals surface area contributed by atoms with Gasteiger partial charge in [0.25, 0.3) is 5.91 Å². The molecule has 0 bridgehead atoms. The number of likely N-dealkylation sites (N-methyl/N-ethyl adjacent to an activating group) is 1. The number of carbonyl (C=O) groups is 1. The summed E-state index contributed by atoms with van der Waals surface area (Å²) in [6.45, 7) is 3.01. The molecule has 0 spiro atoms. The fraction of sp³-hybridized carbons (Fsp3) is 0.500. The van der Waals surface area contributed by atoms with Crippen LogP contribution < -0.4 is 10.1 Å². The lowest BCUT2D eigenvalue weighted by molar-refractivity contribution is -0.134. The van der Waals surface area contributed by atoms with Crippen molar-refractivity contribution in [1.29, 1.82) is 0 Å². The minimum absolute atomic E-state index is 0.0435. The van der Waals surface area contributed by atoms with Crippen LogP contribution in [0.5, 0.6) is 5.75 Å². The molecule has 1 N–H and O–H groups in total. The minimum atomic E-state index is -0.0435. The van der Waals surface area contributed by atoms with Gasteiger partial charge >= 0.3 is 0 Å². The number of benzene rings is 1. The Morgan fingerprint density at radius 1 is 1.47 bits per heavy atom. The molecule has 5 nitrogen and oxygen atoms in total. The Morgan fingerprint density at radius 3 is 2.95 bits per heavy atom. The molecule has 1 fully saturated rings. The van der Waals surface area contributed by atoms with Crippen LogP contribution >= 0.6 is 0 Å². The van der Waals surface area contributed by atoms with Gasteiger partial charge in [-0.1, -0.05) is 18.2 Å². The summed E-state index contributed by atoms with van der Waals surface area (Å²) in [4.78, 5) is 13.6. The van der Waals surface area contributed by atoms with Crippen LogP contribution in [0.1, 0.15) is 0 Å². The molecule has 0 radical (unpaired) electrons. The third-order valence-electron chi connectivity index (χ3n) is 3.01. The van der Waals surface area contributed by atoms with Crippen molar-refractivity contribution in [3.63, 3.8) is 0 Å². The van der Waals surface area contributed by atoms with E-state index in [1.165, 1.54) is 0 Å². The quantitative estimate of drug-likeness (QED) is 0.842. The Labute approximate surface area is 113 Å². The Bertz CT molecular complexity index is 391. The normalized spacial score (nSPS) is 18.9. The smallest absolute Gasteiger partial charge is 0.260 e. The molecule has 1 aromatic rings. The fourth-order valence-electron chi connectivity index (χ4n) is 1.92. The lowest BCUT2D eigenvalue weighted by Gasteiger charge is -2.28. The van der Waals surface area contributed by atoms with Gasteiger partial charge in [0, 0.05) is 26.7 Å². The van der Waals surface area contributed by atoms with Gasteiger partial charge in [0.15, 0.2) is 6.61 Å². The summed E-state index contributed by atoms with van der Waals surface area (Å²) in [5.41, 5.74) is 0. The average molecular weight is 264 g/mol. The van der Waals surface area contributed by atoms with Crippen molar-refractivity contribution >= 4 is 5.91 Å². The van der Waals surface area contributed by atoms with E-state index in [2.05, 4.69) is 5.32 Å². The molecule has 1 aliphatic rings. The van der Waals surface area contributed by atoms with Crippen molar-refractivity contribution in [3.8, 4) is 5.75 Å². The van der Waals surface area contributed by atoms with Crippen molar-refractivity contribution < 1.29 is 14.3 Å². The standard InChI is InChI=1S/C14H20N2O3/c1-16(10-13-9-15-7-8-18-13)14(17)11-19-12-5-3-2-4-6-12/h2-6,13,15H,7-11H2,1H3.